The third kappa shape index (κ3) is 5.38. The SMILES string of the molecule is Cc1ccc(NC(=O)Cc2csc(N(C)C(=O)CCC(=O)O)n2)c(C)c1. The molecule has 8 heteroatoms. The number of nitrogens with zero attached hydrogens (tertiary/aromatic N) is 2. The maximum atomic E-state index is 12.2. The minimum absolute atomic E-state index is 0.0894. The number of rotatable bonds is 7. The van der Waals surface area contributed by atoms with E-state index in [2.05, 4.69) is 10.3 Å². The number of carboxylic acid groups (broad SMARTS) is 1. The van der Waals surface area contributed by atoms with Gasteiger partial charge in [0.1, 0.15) is 0 Å². The lowest BCUT2D eigenvalue weighted by Crippen LogP contribution is -2.26. The van der Waals surface area contributed by atoms with Crippen molar-refractivity contribution in [2.75, 3.05) is 17.3 Å². The molecule has 26 heavy (non-hydrogen) atoms. The van der Waals surface area contributed by atoms with Gasteiger partial charge in [-0.3, -0.25) is 19.3 Å². The van der Waals surface area contributed by atoms with Gasteiger partial charge in [0.2, 0.25) is 11.8 Å². The van der Waals surface area contributed by atoms with Gasteiger partial charge >= 0.3 is 5.97 Å². The second kappa shape index (κ2) is 8.57. The Morgan fingerprint density at radius 1 is 1.23 bits per heavy atom. The Hall–Kier alpha value is -2.74. The highest BCUT2D eigenvalue weighted by Crippen LogP contribution is 2.21. The van der Waals surface area contributed by atoms with Gasteiger partial charge in [0.15, 0.2) is 5.13 Å². The van der Waals surface area contributed by atoms with Gasteiger partial charge in [0.25, 0.3) is 0 Å². The van der Waals surface area contributed by atoms with Gasteiger partial charge in [-0.05, 0) is 25.5 Å². The van der Waals surface area contributed by atoms with Crippen molar-refractivity contribution in [3.05, 3.63) is 40.4 Å². The lowest BCUT2D eigenvalue weighted by molar-refractivity contribution is -0.138. The molecule has 0 saturated carbocycles. The molecule has 1 heterocycles. The van der Waals surface area contributed by atoms with Crippen molar-refractivity contribution in [2.45, 2.75) is 33.1 Å². The van der Waals surface area contributed by atoms with E-state index >= 15 is 0 Å². The topological polar surface area (TPSA) is 99.6 Å². The maximum Gasteiger partial charge on any atom is 0.303 e. The normalized spacial score (nSPS) is 10.4. The number of carbonyl (C=O) groups is 3. The van der Waals surface area contributed by atoms with Gasteiger partial charge in [-0.25, -0.2) is 4.98 Å². The molecule has 7 nitrogen and oxygen atoms in total. The summed E-state index contributed by atoms with van der Waals surface area (Å²) in [7, 11) is 1.54. The standard InChI is InChI=1S/C18H21N3O4S/c1-11-4-5-14(12(2)8-11)20-15(22)9-13-10-26-18(19-13)21(3)16(23)6-7-17(24)25/h4-5,8,10H,6-7,9H2,1-3H3,(H,20,22)(H,24,25). The van der Waals surface area contributed by atoms with Crippen molar-refractivity contribution in [1.29, 1.82) is 0 Å². The third-order valence-electron chi connectivity index (χ3n) is 3.75. The number of aryl methyl sites for hydroxylation is 2. The van der Waals surface area contributed by atoms with E-state index in [1.54, 1.807) is 12.4 Å². The predicted octanol–water partition coefficient (Wildman–Crippen LogP) is 2.77. The summed E-state index contributed by atoms with van der Waals surface area (Å²) in [5, 5.41) is 13.7. The van der Waals surface area contributed by atoms with Crippen LogP contribution < -0.4 is 10.2 Å². The van der Waals surface area contributed by atoms with Crippen LogP contribution in [0.15, 0.2) is 23.6 Å². The summed E-state index contributed by atoms with van der Waals surface area (Å²) >= 11 is 1.24. The molecule has 0 aliphatic rings. The highest BCUT2D eigenvalue weighted by molar-refractivity contribution is 7.14. The van der Waals surface area contributed by atoms with Gasteiger partial charge in [0.05, 0.1) is 18.5 Å². The van der Waals surface area contributed by atoms with Crippen LogP contribution in [-0.2, 0) is 20.8 Å². The Balaban J connectivity index is 1.95. The molecule has 0 atom stereocenters. The van der Waals surface area contributed by atoms with Crippen molar-refractivity contribution in [2.24, 2.45) is 0 Å². The number of amides is 2. The monoisotopic (exact) mass is 375 g/mol. The molecule has 2 N–H and O–H groups in total. The van der Waals surface area contributed by atoms with Crippen LogP contribution in [0.5, 0.6) is 0 Å². The number of hydrogen-bond acceptors (Lipinski definition) is 5. The molecule has 2 aromatic rings. The zero-order chi connectivity index (χ0) is 19.3. The molecule has 2 amide bonds. The molecule has 0 aliphatic heterocycles. The Kier molecular flexibility index (Phi) is 6.46. The number of aromatic nitrogens is 1. The van der Waals surface area contributed by atoms with Crippen LogP contribution in [0.2, 0.25) is 0 Å². The Morgan fingerprint density at radius 3 is 2.62 bits per heavy atom. The highest BCUT2D eigenvalue weighted by atomic mass is 32.1. The second-order valence-electron chi connectivity index (χ2n) is 6.01. The molecule has 2 rings (SSSR count). The Morgan fingerprint density at radius 2 is 1.96 bits per heavy atom. The van der Waals surface area contributed by atoms with Crippen LogP contribution in [0.1, 0.15) is 29.7 Å². The first-order valence-electron chi connectivity index (χ1n) is 8.06. The lowest BCUT2D eigenvalue weighted by Gasteiger charge is -2.12. The molecule has 0 saturated heterocycles. The van der Waals surface area contributed by atoms with E-state index in [4.69, 9.17) is 5.11 Å². The summed E-state index contributed by atoms with van der Waals surface area (Å²) in [6.45, 7) is 3.92. The fraction of sp³-hybridized carbons (Fsp3) is 0.333. The van der Waals surface area contributed by atoms with E-state index < -0.39 is 5.97 Å². The van der Waals surface area contributed by atoms with Crippen LogP contribution in [-0.4, -0.2) is 34.9 Å². The molecular weight excluding hydrogens is 354 g/mol. The van der Waals surface area contributed by atoms with Crippen molar-refractivity contribution >= 4 is 39.9 Å². The first kappa shape index (κ1) is 19.6. The number of benzene rings is 1. The average molecular weight is 375 g/mol. The quantitative estimate of drug-likeness (QED) is 0.775. The van der Waals surface area contributed by atoms with E-state index in [0.717, 1.165) is 16.8 Å². The number of thiazole rings is 1. The Labute approximate surface area is 155 Å². The molecule has 138 valence electrons. The minimum atomic E-state index is -1.02. The summed E-state index contributed by atoms with van der Waals surface area (Å²) in [6, 6.07) is 5.79. The van der Waals surface area contributed by atoms with Crippen molar-refractivity contribution in [1.82, 2.24) is 4.98 Å². The van der Waals surface area contributed by atoms with Gasteiger partial charge in [0, 0.05) is 24.5 Å². The molecule has 1 aromatic carbocycles. The van der Waals surface area contributed by atoms with Crippen LogP contribution in [0, 0.1) is 13.8 Å². The summed E-state index contributed by atoms with van der Waals surface area (Å²) in [5.74, 6) is -1.53. The summed E-state index contributed by atoms with van der Waals surface area (Å²) < 4.78 is 0. The maximum absolute atomic E-state index is 12.2. The van der Waals surface area contributed by atoms with Crippen LogP contribution in [0.4, 0.5) is 10.8 Å². The first-order chi connectivity index (χ1) is 12.3. The zero-order valence-electron chi connectivity index (χ0n) is 14.9. The van der Waals surface area contributed by atoms with Crippen LogP contribution in [0.25, 0.3) is 0 Å². The summed E-state index contributed by atoms with van der Waals surface area (Å²) in [4.78, 5) is 40.3. The molecule has 0 spiro atoms. The van der Waals surface area contributed by atoms with Gasteiger partial charge < -0.3 is 10.4 Å². The minimum Gasteiger partial charge on any atom is -0.481 e. The summed E-state index contributed by atoms with van der Waals surface area (Å²) in [6.07, 6.45) is -0.214. The van der Waals surface area contributed by atoms with E-state index in [1.165, 1.54) is 16.2 Å². The third-order valence-corrected chi connectivity index (χ3v) is 4.72. The summed E-state index contributed by atoms with van der Waals surface area (Å²) in [5.41, 5.74) is 3.43. The van der Waals surface area contributed by atoms with Gasteiger partial charge in [-0.1, -0.05) is 17.7 Å². The molecule has 1 aromatic heterocycles. The van der Waals surface area contributed by atoms with Crippen molar-refractivity contribution < 1.29 is 19.5 Å². The molecule has 0 bridgehead atoms. The Bertz CT molecular complexity index is 832. The molecule has 0 fully saturated rings. The van der Waals surface area contributed by atoms with Crippen molar-refractivity contribution in [3.8, 4) is 0 Å². The van der Waals surface area contributed by atoms with E-state index in [1.807, 2.05) is 32.0 Å². The smallest absolute Gasteiger partial charge is 0.303 e. The van der Waals surface area contributed by atoms with Gasteiger partial charge in [-0.2, -0.15) is 0 Å². The fourth-order valence-corrected chi connectivity index (χ4v) is 3.14. The molecule has 0 aliphatic carbocycles. The molecule has 0 unspecified atom stereocenters. The lowest BCUT2D eigenvalue weighted by atomic mass is 10.1. The number of hydrogen-bond donors (Lipinski definition) is 2. The number of anilines is 2. The number of aliphatic carboxylic acids is 1. The van der Waals surface area contributed by atoms with Crippen LogP contribution in [0.3, 0.4) is 0 Å². The number of carboxylic acids is 1. The van der Waals surface area contributed by atoms with Crippen molar-refractivity contribution in [3.63, 3.8) is 0 Å². The second-order valence-corrected chi connectivity index (χ2v) is 6.85. The predicted molar refractivity (Wildman–Crippen MR) is 101 cm³/mol. The fourth-order valence-electron chi connectivity index (χ4n) is 2.33. The average Bonchev–Trinajstić information content (AvgIpc) is 3.02. The largest absolute Gasteiger partial charge is 0.481 e. The first-order valence-corrected chi connectivity index (χ1v) is 8.94. The van der Waals surface area contributed by atoms with Crippen LogP contribution >= 0.6 is 11.3 Å². The molecule has 0 radical (unpaired) electrons. The van der Waals surface area contributed by atoms with E-state index in [0.29, 0.717) is 10.8 Å². The zero-order valence-corrected chi connectivity index (χ0v) is 15.7. The highest BCUT2D eigenvalue weighted by Gasteiger charge is 2.17. The molecular formula is C18H21N3O4S. The number of carbonyl (C=O) groups excluding carboxylic acids is 2. The van der Waals surface area contributed by atoms with E-state index in [9.17, 15) is 14.4 Å². The van der Waals surface area contributed by atoms with Gasteiger partial charge in [-0.15, -0.1) is 11.3 Å². The number of nitrogens with one attached hydrogen (secondary N) is 1. The van der Waals surface area contributed by atoms with E-state index in [-0.39, 0.29) is 31.1 Å².